The number of oxazole rings is 1. The third kappa shape index (κ3) is 4.12. The van der Waals surface area contributed by atoms with Crippen LogP contribution in [0.1, 0.15) is 18.9 Å². The molecular weight excluding hydrogens is 358 g/mol. The van der Waals surface area contributed by atoms with Crippen molar-refractivity contribution < 1.29 is 17.6 Å². The van der Waals surface area contributed by atoms with Crippen molar-refractivity contribution >= 4 is 27.3 Å². The van der Waals surface area contributed by atoms with Gasteiger partial charge in [0.15, 0.2) is 5.58 Å². The lowest BCUT2D eigenvalue weighted by Crippen LogP contribution is -2.18. The largest absolute Gasteiger partial charge is 0.494 e. The maximum atomic E-state index is 12.3. The van der Waals surface area contributed by atoms with Crippen molar-refractivity contribution in [2.45, 2.75) is 18.2 Å². The molecule has 0 aliphatic heterocycles. The number of benzene rings is 2. The van der Waals surface area contributed by atoms with Crippen LogP contribution in [0.2, 0.25) is 0 Å². The van der Waals surface area contributed by atoms with Gasteiger partial charge in [-0.2, -0.15) is 13.5 Å². The van der Waals surface area contributed by atoms with Crippen LogP contribution in [0.4, 0.5) is 0 Å². The highest BCUT2D eigenvalue weighted by Gasteiger charge is 2.14. The number of nitrogens with one attached hydrogen (secondary N) is 2. The number of ether oxygens (including phenoxy) is 1. The summed E-state index contributed by atoms with van der Waals surface area (Å²) >= 11 is 0. The second kappa shape index (κ2) is 7.44. The predicted molar refractivity (Wildman–Crippen MR) is 97.0 cm³/mol. The summed E-state index contributed by atoms with van der Waals surface area (Å²) in [4.78, 5) is 15.7. The number of H-pyrrole nitrogens is 1. The third-order valence-electron chi connectivity index (χ3n) is 3.42. The number of nitrogens with zero attached hydrogens (tertiary/aromatic N) is 1. The molecule has 0 saturated heterocycles. The first kappa shape index (κ1) is 17.7. The maximum absolute atomic E-state index is 12.3. The van der Waals surface area contributed by atoms with E-state index in [2.05, 4.69) is 14.9 Å². The van der Waals surface area contributed by atoms with Crippen LogP contribution in [0.15, 0.2) is 61.7 Å². The molecule has 3 rings (SSSR count). The van der Waals surface area contributed by atoms with E-state index in [4.69, 9.17) is 9.15 Å². The molecule has 0 saturated carbocycles. The van der Waals surface area contributed by atoms with Crippen LogP contribution in [0.5, 0.6) is 5.75 Å². The topological polar surface area (TPSA) is 114 Å². The number of aromatic nitrogens is 1. The molecule has 136 valence electrons. The molecule has 8 nitrogen and oxygen atoms in total. The summed E-state index contributed by atoms with van der Waals surface area (Å²) in [5.41, 5.74) is 1.26. The Morgan fingerprint density at radius 3 is 2.92 bits per heavy atom. The van der Waals surface area contributed by atoms with Gasteiger partial charge in [0.25, 0.3) is 10.0 Å². The van der Waals surface area contributed by atoms with Crippen LogP contribution in [0, 0.1) is 0 Å². The van der Waals surface area contributed by atoms with Crippen LogP contribution in [-0.2, 0) is 10.0 Å². The zero-order valence-electron chi connectivity index (χ0n) is 13.9. The van der Waals surface area contributed by atoms with Gasteiger partial charge < -0.3 is 9.15 Å². The second-order valence-electron chi connectivity index (χ2n) is 5.45. The van der Waals surface area contributed by atoms with Crippen LogP contribution >= 0.6 is 0 Å². The summed E-state index contributed by atoms with van der Waals surface area (Å²) < 4.78 is 35.0. The summed E-state index contributed by atoms with van der Waals surface area (Å²) in [6.45, 7) is 2.61. The van der Waals surface area contributed by atoms with Crippen molar-refractivity contribution in [2.75, 3.05) is 6.61 Å². The number of fused-ring (bicyclic) bond motifs is 1. The monoisotopic (exact) mass is 375 g/mol. The van der Waals surface area contributed by atoms with E-state index in [0.717, 1.165) is 6.42 Å². The van der Waals surface area contributed by atoms with Gasteiger partial charge in [-0.05, 0) is 36.2 Å². The second-order valence-corrected chi connectivity index (χ2v) is 7.11. The van der Waals surface area contributed by atoms with Crippen molar-refractivity contribution in [1.29, 1.82) is 0 Å². The van der Waals surface area contributed by atoms with Gasteiger partial charge >= 0.3 is 5.76 Å². The summed E-state index contributed by atoms with van der Waals surface area (Å²) in [7, 11) is -3.89. The highest BCUT2D eigenvalue weighted by Crippen LogP contribution is 2.16. The number of aromatic amines is 1. The summed E-state index contributed by atoms with van der Waals surface area (Å²) in [5, 5.41) is 3.78. The lowest BCUT2D eigenvalue weighted by molar-refractivity contribution is 0.317. The Morgan fingerprint density at radius 2 is 2.12 bits per heavy atom. The first-order valence-electron chi connectivity index (χ1n) is 7.88. The van der Waals surface area contributed by atoms with Gasteiger partial charge in [-0.1, -0.05) is 19.1 Å². The summed E-state index contributed by atoms with van der Waals surface area (Å²) in [5.74, 6) is 0.0392. The number of hydrazone groups is 1. The molecule has 1 heterocycles. The van der Waals surface area contributed by atoms with E-state index in [-0.39, 0.29) is 10.5 Å². The number of hydrogen-bond donors (Lipinski definition) is 2. The van der Waals surface area contributed by atoms with Gasteiger partial charge in [0, 0.05) is 6.07 Å². The number of sulfonamides is 1. The van der Waals surface area contributed by atoms with Crippen molar-refractivity contribution in [3.63, 3.8) is 0 Å². The van der Waals surface area contributed by atoms with Crippen molar-refractivity contribution in [3.8, 4) is 5.75 Å². The molecule has 0 bridgehead atoms. The Bertz CT molecular complexity index is 1100. The molecule has 0 fully saturated rings. The molecule has 9 heteroatoms. The standard InChI is InChI=1S/C17H17N3O5S/c1-2-8-24-13-5-3-4-12(9-13)11-18-20-26(22,23)14-6-7-15-16(10-14)25-17(21)19-15/h3-7,9-11,20H,2,8H2,1H3,(H,19,21)/b18-11+. The van der Waals surface area contributed by atoms with E-state index >= 15 is 0 Å². The van der Waals surface area contributed by atoms with Crippen molar-refractivity contribution in [3.05, 3.63) is 58.6 Å². The summed E-state index contributed by atoms with van der Waals surface area (Å²) in [6.07, 6.45) is 2.27. The molecule has 0 amide bonds. The Balaban J connectivity index is 1.74. The minimum atomic E-state index is -3.89. The Morgan fingerprint density at radius 1 is 1.27 bits per heavy atom. The Labute approximate surface area is 149 Å². The molecule has 2 N–H and O–H groups in total. The van der Waals surface area contributed by atoms with E-state index in [9.17, 15) is 13.2 Å². The average Bonchev–Trinajstić information content (AvgIpc) is 2.99. The van der Waals surface area contributed by atoms with Gasteiger partial charge in [0.05, 0.1) is 23.2 Å². The average molecular weight is 375 g/mol. The maximum Gasteiger partial charge on any atom is 0.417 e. The first-order valence-corrected chi connectivity index (χ1v) is 9.37. The lowest BCUT2D eigenvalue weighted by atomic mass is 10.2. The molecule has 0 radical (unpaired) electrons. The molecule has 1 aromatic heterocycles. The van der Waals surface area contributed by atoms with Gasteiger partial charge in [-0.25, -0.2) is 9.63 Å². The van der Waals surface area contributed by atoms with Crippen molar-refractivity contribution in [1.82, 2.24) is 9.82 Å². The van der Waals surface area contributed by atoms with E-state index in [1.807, 2.05) is 13.0 Å². The molecule has 0 aliphatic carbocycles. The fourth-order valence-corrected chi connectivity index (χ4v) is 3.03. The molecule has 0 unspecified atom stereocenters. The minimum Gasteiger partial charge on any atom is -0.494 e. The van der Waals surface area contributed by atoms with Crippen molar-refractivity contribution in [2.24, 2.45) is 5.10 Å². The number of hydrogen-bond acceptors (Lipinski definition) is 6. The fourth-order valence-electron chi connectivity index (χ4n) is 2.22. The van der Waals surface area contributed by atoms with E-state index in [1.165, 1.54) is 24.4 Å². The SMILES string of the molecule is CCCOc1cccc(/C=N/NS(=O)(=O)c2ccc3[nH]c(=O)oc3c2)c1. The molecule has 0 spiro atoms. The zero-order chi connectivity index (χ0) is 18.6. The lowest BCUT2D eigenvalue weighted by Gasteiger charge is -2.05. The highest BCUT2D eigenvalue weighted by molar-refractivity contribution is 7.89. The third-order valence-corrected chi connectivity index (χ3v) is 4.64. The van der Waals surface area contributed by atoms with Crippen LogP contribution in [0.3, 0.4) is 0 Å². The molecule has 2 aromatic carbocycles. The van der Waals surface area contributed by atoms with E-state index < -0.39 is 15.8 Å². The fraction of sp³-hybridized carbons (Fsp3) is 0.176. The predicted octanol–water partition coefficient (Wildman–Crippen LogP) is 2.22. The smallest absolute Gasteiger partial charge is 0.417 e. The van der Waals surface area contributed by atoms with Gasteiger partial charge in [-0.3, -0.25) is 4.98 Å². The van der Waals surface area contributed by atoms with Gasteiger partial charge in [-0.15, -0.1) is 0 Å². The first-order chi connectivity index (χ1) is 12.5. The Hall–Kier alpha value is -3.07. The molecular formula is C17H17N3O5S. The molecule has 0 aliphatic rings. The van der Waals surface area contributed by atoms with Crippen LogP contribution in [-0.4, -0.2) is 26.2 Å². The zero-order valence-corrected chi connectivity index (χ0v) is 14.7. The van der Waals surface area contributed by atoms with Crippen LogP contribution in [0.25, 0.3) is 11.1 Å². The molecule has 0 atom stereocenters. The normalized spacial score (nSPS) is 11.9. The Kier molecular flexibility index (Phi) is 5.08. The highest BCUT2D eigenvalue weighted by atomic mass is 32.2. The molecule has 3 aromatic rings. The quantitative estimate of drug-likeness (QED) is 0.485. The van der Waals surface area contributed by atoms with Gasteiger partial charge in [0.1, 0.15) is 5.75 Å². The summed E-state index contributed by atoms with van der Waals surface area (Å²) in [6, 6.07) is 11.2. The minimum absolute atomic E-state index is 0.0649. The van der Waals surface area contributed by atoms with E-state index in [1.54, 1.807) is 18.2 Å². The molecule has 26 heavy (non-hydrogen) atoms. The number of rotatable bonds is 7. The van der Waals surface area contributed by atoms with Gasteiger partial charge in [0.2, 0.25) is 0 Å². The van der Waals surface area contributed by atoms with E-state index in [0.29, 0.717) is 23.4 Å². The van der Waals surface area contributed by atoms with Crippen LogP contribution < -0.4 is 15.3 Å².